The lowest BCUT2D eigenvalue weighted by atomic mass is 9.98. The predicted molar refractivity (Wildman–Crippen MR) is 76.8 cm³/mol. The van der Waals surface area contributed by atoms with Crippen molar-refractivity contribution in [1.82, 2.24) is 4.31 Å². The van der Waals surface area contributed by atoms with Crippen LogP contribution in [0.1, 0.15) is 25.7 Å². The van der Waals surface area contributed by atoms with E-state index in [4.69, 9.17) is 4.74 Å². The molecule has 118 valence electrons. The minimum atomic E-state index is -3.37. The molecule has 6 nitrogen and oxygen atoms in total. The van der Waals surface area contributed by atoms with E-state index < -0.39 is 19.9 Å². The van der Waals surface area contributed by atoms with Gasteiger partial charge in [-0.25, -0.2) is 21.1 Å². The molecule has 0 N–H and O–H groups in total. The Morgan fingerprint density at radius 1 is 1.20 bits per heavy atom. The highest BCUT2D eigenvalue weighted by atomic mass is 32.2. The Bertz CT molecular complexity index is 522. The maximum atomic E-state index is 12.3. The highest BCUT2D eigenvalue weighted by Gasteiger charge is 2.35. The first kappa shape index (κ1) is 16.2. The van der Waals surface area contributed by atoms with Gasteiger partial charge in [0.2, 0.25) is 10.0 Å². The molecule has 0 amide bonds. The molecule has 2 rings (SSSR count). The van der Waals surface area contributed by atoms with Gasteiger partial charge in [0.25, 0.3) is 0 Å². The average molecular weight is 325 g/mol. The molecule has 2 fully saturated rings. The van der Waals surface area contributed by atoms with Crippen molar-refractivity contribution in [2.45, 2.75) is 31.7 Å². The van der Waals surface area contributed by atoms with Gasteiger partial charge >= 0.3 is 0 Å². The van der Waals surface area contributed by atoms with Crippen molar-refractivity contribution in [3.05, 3.63) is 0 Å². The molecular weight excluding hydrogens is 302 g/mol. The van der Waals surface area contributed by atoms with Gasteiger partial charge in [0.05, 0.1) is 17.3 Å². The lowest BCUT2D eigenvalue weighted by molar-refractivity contribution is 0.0655. The van der Waals surface area contributed by atoms with Crippen molar-refractivity contribution in [2.75, 3.05) is 37.5 Å². The summed E-state index contributed by atoms with van der Waals surface area (Å²) < 4.78 is 54.0. The first-order valence-electron chi connectivity index (χ1n) is 7.04. The Morgan fingerprint density at radius 3 is 2.40 bits per heavy atom. The third kappa shape index (κ3) is 4.16. The van der Waals surface area contributed by atoms with E-state index in [2.05, 4.69) is 0 Å². The fraction of sp³-hybridized carbons (Fsp3) is 1.00. The summed E-state index contributed by atoms with van der Waals surface area (Å²) in [4.78, 5) is 0. The largest absolute Gasteiger partial charge is 0.381 e. The minimum absolute atomic E-state index is 0.0417. The van der Waals surface area contributed by atoms with Crippen molar-refractivity contribution in [2.24, 2.45) is 5.92 Å². The monoisotopic (exact) mass is 325 g/mol. The van der Waals surface area contributed by atoms with Crippen LogP contribution in [0.5, 0.6) is 0 Å². The second-order valence-corrected chi connectivity index (χ2v) is 10.1. The van der Waals surface area contributed by atoms with Crippen LogP contribution < -0.4 is 0 Å². The van der Waals surface area contributed by atoms with Gasteiger partial charge in [-0.1, -0.05) is 0 Å². The molecule has 2 aliphatic heterocycles. The van der Waals surface area contributed by atoms with E-state index in [0.717, 1.165) is 12.8 Å². The molecule has 1 atom stereocenters. The maximum Gasteiger partial charge on any atom is 0.214 e. The van der Waals surface area contributed by atoms with Crippen molar-refractivity contribution in [3.63, 3.8) is 0 Å². The van der Waals surface area contributed by atoms with Crippen LogP contribution in [0, 0.1) is 5.92 Å². The molecule has 1 unspecified atom stereocenters. The van der Waals surface area contributed by atoms with Crippen molar-refractivity contribution in [1.29, 1.82) is 0 Å². The SMILES string of the molecule is CN(C1CCS(=O)(=O)C1)S(=O)(=O)CCC1CCOCC1. The summed E-state index contributed by atoms with van der Waals surface area (Å²) in [6.07, 6.45) is 2.87. The molecular formula is C12H23NO5S2. The third-order valence-corrected chi connectivity index (χ3v) is 7.96. The molecule has 0 aromatic heterocycles. The Hall–Kier alpha value is -0.180. The average Bonchev–Trinajstić information content (AvgIpc) is 2.77. The fourth-order valence-corrected chi connectivity index (χ4v) is 6.21. The van der Waals surface area contributed by atoms with Crippen LogP contribution in [0.2, 0.25) is 0 Å². The normalized spacial score (nSPS) is 28.0. The molecule has 0 aromatic rings. The van der Waals surface area contributed by atoms with Crippen LogP contribution in [0.3, 0.4) is 0 Å². The summed E-state index contributed by atoms with van der Waals surface area (Å²) in [6.45, 7) is 1.42. The van der Waals surface area contributed by atoms with Gasteiger partial charge in [-0.05, 0) is 31.6 Å². The number of sulfonamides is 1. The van der Waals surface area contributed by atoms with Crippen molar-refractivity contribution in [3.8, 4) is 0 Å². The molecule has 0 bridgehead atoms. The number of hydrogen-bond acceptors (Lipinski definition) is 5. The second kappa shape index (κ2) is 6.29. The zero-order chi connectivity index (χ0) is 14.8. The predicted octanol–water partition coefficient (Wildman–Crippen LogP) is 0.252. The molecule has 2 aliphatic rings. The van der Waals surface area contributed by atoms with Gasteiger partial charge in [0.1, 0.15) is 0 Å². The van der Waals surface area contributed by atoms with Gasteiger partial charge < -0.3 is 4.74 Å². The first-order valence-corrected chi connectivity index (χ1v) is 10.5. The molecule has 0 radical (unpaired) electrons. The van der Waals surface area contributed by atoms with E-state index in [1.54, 1.807) is 0 Å². The van der Waals surface area contributed by atoms with Crippen molar-refractivity contribution >= 4 is 19.9 Å². The van der Waals surface area contributed by atoms with Crippen LogP contribution in [-0.2, 0) is 24.6 Å². The molecule has 2 heterocycles. The van der Waals surface area contributed by atoms with Gasteiger partial charge in [0.15, 0.2) is 9.84 Å². The Kier molecular flexibility index (Phi) is 5.09. The summed E-state index contributed by atoms with van der Waals surface area (Å²) >= 11 is 0. The van der Waals surface area contributed by atoms with E-state index in [-0.39, 0.29) is 23.3 Å². The van der Waals surface area contributed by atoms with Crippen LogP contribution in [0.4, 0.5) is 0 Å². The van der Waals surface area contributed by atoms with E-state index in [9.17, 15) is 16.8 Å². The molecule has 0 spiro atoms. The number of nitrogens with zero attached hydrogens (tertiary/aromatic N) is 1. The van der Waals surface area contributed by atoms with Gasteiger partial charge in [-0.3, -0.25) is 0 Å². The molecule has 0 saturated carbocycles. The van der Waals surface area contributed by atoms with Crippen LogP contribution in [-0.4, -0.2) is 64.7 Å². The quantitative estimate of drug-likeness (QED) is 0.724. The maximum absolute atomic E-state index is 12.3. The zero-order valence-corrected chi connectivity index (χ0v) is 13.5. The topological polar surface area (TPSA) is 80.8 Å². The first-order chi connectivity index (χ1) is 9.30. The fourth-order valence-electron chi connectivity index (χ4n) is 2.78. The summed E-state index contributed by atoms with van der Waals surface area (Å²) in [5, 5.41) is 0. The Labute approximate surface area is 121 Å². The van der Waals surface area contributed by atoms with E-state index in [0.29, 0.717) is 32.0 Å². The summed E-state index contributed by atoms with van der Waals surface area (Å²) in [7, 11) is -4.92. The van der Waals surface area contributed by atoms with Crippen LogP contribution in [0.25, 0.3) is 0 Å². The van der Waals surface area contributed by atoms with Gasteiger partial charge in [0, 0.05) is 26.3 Å². The Balaban J connectivity index is 1.89. The summed E-state index contributed by atoms with van der Waals surface area (Å²) in [5.74, 6) is 0.557. The van der Waals surface area contributed by atoms with Gasteiger partial charge in [-0.15, -0.1) is 0 Å². The van der Waals surface area contributed by atoms with Crippen LogP contribution in [0.15, 0.2) is 0 Å². The molecule has 20 heavy (non-hydrogen) atoms. The highest BCUT2D eigenvalue weighted by molar-refractivity contribution is 7.92. The highest BCUT2D eigenvalue weighted by Crippen LogP contribution is 2.23. The third-order valence-electron chi connectivity index (χ3n) is 4.29. The lowest BCUT2D eigenvalue weighted by Gasteiger charge is -2.25. The second-order valence-electron chi connectivity index (χ2n) is 5.73. The summed E-state index contributed by atoms with van der Waals surface area (Å²) in [5.41, 5.74) is 0. The molecule has 0 aromatic carbocycles. The molecule has 0 aliphatic carbocycles. The number of sulfone groups is 1. The minimum Gasteiger partial charge on any atom is -0.381 e. The Morgan fingerprint density at radius 2 is 1.85 bits per heavy atom. The van der Waals surface area contributed by atoms with E-state index in [1.807, 2.05) is 0 Å². The summed E-state index contributed by atoms with van der Waals surface area (Å²) in [6, 6.07) is -0.389. The molecule has 2 saturated heterocycles. The number of hydrogen-bond donors (Lipinski definition) is 0. The van der Waals surface area contributed by atoms with E-state index in [1.165, 1.54) is 11.4 Å². The van der Waals surface area contributed by atoms with Crippen LogP contribution >= 0.6 is 0 Å². The smallest absolute Gasteiger partial charge is 0.214 e. The standard InChI is InChI=1S/C12H23NO5S2/c1-13(12-5-8-19(14,15)10-12)20(16,17)9-4-11-2-6-18-7-3-11/h11-12H,2-10H2,1H3. The van der Waals surface area contributed by atoms with Crippen molar-refractivity contribution < 1.29 is 21.6 Å². The zero-order valence-electron chi connectivity index (χ0n) is 11.8. The molecule has 8 heteroatoms. The van der Waals surface area contributed by atoms with E-state index >= 15 is 0 Å². The van der Waals surface area contributed by atoms with Gasteiger partial charge in [-0.2, -0.15) is 0 Å². The number of rotatable bonds is 5. The number of ether oxygens (including phenoxy) is 1. The lowest BCUT2D eigenvalue weighted by Crippen LogP contribution is -2.39.